The van der Waals surface area contributed by atoms with Crippen molar-refractivity contribution >= 4 is 5.97 Å². The van der Waals surface area contributed by atoms with Crippen molar-refractivity contribution in [3.8, 4) is 12.3 Å². The van der Waals surface area contributed by atoms with Crippen LogP contribution in [0.5, 0.6) is 0 Å². The fourth-order valence-electron chi connectivity index (χ4n) is 3.26. The van der Waals surface area contributed by atoms with Gasteiger partial charge < -0.3 is 4.74 Å². The summed E-state index contributed by atoms with van der Waals surface area (Å²) in [6.45, 7) is 2.21. The molecule has 0 amide bonds. The summed E-state index contributed by atoms with van der Waals surface area (Å²) in [7, 11) is 0. The number of carbonyl (C=O) groups excluding carboxylic acids is 1. The van der Waals surface area contributed by atoms with E-state index in [0.29, 0.717) is 24.2 Å². The van der Waals surface area contributed by atoms with E-state index in [1.807, 2.05) is 6.08 Å². The highest BCUT2D eigenvalue weighted by atomic mass is 16.5. The highest BCUT2D eigenvalue weighted by molar-refractivity contribution is 5.71. The Morgan fingerprint density at radius 1 is 1.56 bits per heavy atom. The largest absolute Gasteiger partial charge is 0.458 e. The van der Waals surface area contributed by atoms with Gasteiger partial charge in [-0.25, -0.2) is 0 Å². The van der Waals surface area contributed by atoms with Crippen molar-refractivity contribution in [3.63, 3.8) is 0 Å². The third-order valence-corrected chi connectivity index (χ3v) is 3.98. The van der Waals surface area contributed by atoms with Crippen LogP contribution in [0.1, 0.15) is 32.6 Å². The van der Waals surface area contributed by atoms with E-state index in [0.717, 1.165) is 0 Å². The molecule has 1 aliphatic heterocycles. The standard InChI is InChI=1S/C14H18O2/c1-3-5-6-12-14-10(4-2)7-8-11(14)9-13(15)16-12/h1,5-6,10-12,14H,4,7-9H2,2H3/b6-5+/t10-,11-,12-,14+/m0/s1. The van der Waals surface area contributed by atoms with E-state index in [9.17, 15) is 4.79 Å². The van der Waals surface area contributed by atoms with Crippen LogP contribution in [0.15, 0.2) is 12.2 Å². The van der Waals surface area contributed by atoms with Crippen LogP contribution in [0.3, 0.4) is 0 Å². The van der Waals surface area contributed by atoms with Gasteiger partial charge in [-0.15, -0.1) is 6.42 Å². The Morgan fingerprint density at radius 3 is 3.06 bits per heavy atom. The molecule has 86 valence electrons. The average molecular weight is 218 g/mol. The van der Waals surface area contributed by atoms with Gasteiger partial charge in [0.25, 0.3) is 0 Å². The molecule has 2 rings (SSSR count). The van der Waals surface area contributed by atoms with Gasteiger partial charge in [0.1, 0.15) is 6.10 Å². The second-order valence-electron chi connectivity index (χ2n) is 4.77. The van der Waals surface area contributed by atoms with Crippen LogP contribution >= 0.6 is 0 Å². The molecule has 0 radical (unpaired) electrons. The monoisotopic (exact) mass is 218 g/mol. The number of cyclic esters (lactones) is 1. The third kappa shape index (κ3) is 2.00. The lowest BCUT2D eigenvalue weighted by Gasteiger charge is -2.34. The highest BCUT2D eigenvalue weighted by Crippen LogP contribution is 2.46. The van der Waals surface area contributed by atoms with Crippen molar-refractivity contribution in [2.24, 2.45) is 17.8 Å². The van der Waals surface area contributed by atoms with Gasteiger partial charge in [-0.1, -0.05) is 19.3 Å². The normalized spacial score (nSPS) is 38.1. The van der Waals surface area contributed by atoms with Gasteiger partial charge in [-0.05, 0) is 36.8 Å². The van der Waals surface area contributed by atoms with Crippen LogP contribution in [0.25, 0.3) is 0 Å². The SMILES string of the molecule is C#C/C=C/[C@@H]1OC(=O)C[C@@H]2CC[C@H](CC)[C@H]21. The fourth-order valence-corrected chi connectivity index (χ4v) is 3.26. The predicted molar refractivity (Wildman–Crippen MR) is 62.5 cm³/mol. The Kier molecular flexibility index (Phi) is 3.33. The molecule has 0 spiro atoms. The summed E-state index contributed by atoms with van der Waals surface area (Å²) in [6.07, 6.45) is 12.8. The molecule has 2 aliphatic rings. The molecule has 0 N–H and O–H groups in total. The molecule has 2 fully saturated rings. The quantitative estimate of drug-likeness (QED) is 0.526. The number of hydrogen-bond acceptors (Lipinski definition) is 2. The van der Waals surface area contributed by atoms with E-state index in [4.69, 9.17) is 11.2 Å². The summed E-state index contributed by atoms with van der Waals surface area (Å²) < 4.78 is 5.41. The lowest BCUT2D eigenvalue weighted by Crippen LogP contribution is -2.38. The number of rotatable bonds is 2. The van der Waals surface area contributed by atoms with E-state index in [1.165, 1.54) is 19.3 Å². The number of hydrogen-bond donors (Lipinski definition) is 0. The number of allylic oxidation sites excluding steroid dienone is 1. The minimum atomic E-state index is -0.0882. The molecule has 0 aromatic heterocycles. The summed E-state index contributed by atoms with van der Waals surface area (Å²) in [6, 6.07) is 0. The van der Waals surface area contributed by atoms with Crippen LogP contribution in [0, 0.1) is 30.1 Å². The molecule has 1 aliphatic carbocycles. The Balaban J connectivity index is 2.17. The zero-order valence-corrected chi connectivity index (χ0v) is 9.69. The number of fused-ring (bicyclic) bond motifs is 1. The highest BCUT2D eigenvalue weighted by Gasteiger charge is 2.45. The second kappa shape index (κ2) is 4.74. The fraction of sp³-hybridized carbons (Fsp3) is 0.643. The molecule has 4 atom stereocenters. The molecule has 1 saturated heterocycles. The molecule has 1 heterocycles. The van der Waals surface area contributed by atoms with Crippen molar-refractivity contribution in [2.45, 2.75) is 38.7 Å². The van der Waals surface area contributed by atoms with Gasteiger partial charge in [0.15, 0.2) is 0 Å². The molecular weight excluding hydrogens is 200 g/mol. The van der Waals surface area contributed by atoms with Gasteiger partial charge >= 0.3 is 5.97 Å². The molecule has 0 aromatic carbocycles. The van der Waals surface area contributed by atoms with Gasteiger partial charge in [0.05, 0.1) is 0 Å². The summed E-state index contributed by atoms with van der Waals surface area (Å²) in [4.78, 5) is 11.5. The zero-order chi connectivity index (χ0) is 11.5. The molecule has 0 aromatic rings. The Morgan fingerprint density at radius 2 is 2.38 bits per heavy atom. The third-order valence-electron chi connectivity index (χ3n) is 3.98. The number of esters is 1. The van der Waals surface area contributed by atoms with Crippen LogP contribution in [-0.2, 0) is 9.53 Å². The van der Waals surface area contributed by atoms with E-state index < -0.39 is 0 Å². The minimum Gasteiger partial charge on any atom is -0.458 e. The molecule has 0 bridgehead atoms. The topological polar surface area (TPSA) is 26.3 Å². The van der Waals surface area contributed by atoms with Crippen LogP contribution < -0.4 is 0 Å². The number of ether oxygens (including phenoxy) is 1. The first-order valence-electron chi connectivity index (χ1n) is 6.08. The predicted octanol–water partition coefficient (Wildman–Crippen LogP) is 2.54. The van der Waals surface area contributed by atoms with E-state index in [1.54, 1.807) is 6.08 Å². The number of carbonyl (C=O) groups is 1. The smallest absolute Gasteiger partial charge is 0.306 e. The maximum absolute atomic E-state index is 11.5. The molecule has 16 heavy (non-hydrogen) atoms. The Labute approximate surface area is 97.1 Å². The Bertz CT molecular complexity index is 337. The van der Waals surface area contributed by atoms with Crippen molar-refractivity contribution in [1.82, 2.24) is 0 Å². The van der Waals surface area contributed by atoms with Gasteiger partial charge in [0, 0.05) is 12.3 Å². The molecule has 1 saturated carbocycles. The molecule has 2 nitrogen and oxygen atoms in total. The maximum atomic E-state index is 11.5. The van der Waals surface area contributed by atoms with Gasteiger partial charge in [-0.3, -0.25) is 4.79 Å². The van der Waals surface area contributed by atoms with E-state index in [-0.39, 0.29) is 12.1 Å². The van der Waals surface area contributed by atoms with Crippen molar-refractivity contribution < 1.29 is 9.53 Å². The lowest BCUT2D eigenvalue weighted by atomic mass is 9.80. The lowest BCUT2D eigenvalue weighted by molar-refractivity contribution is -0.159. The van der Waals surface area contributed by atoms with Crippen molar-refractivity contribution in [2.75, 3.05) is 0 Å². The maximum Gasteiger partial charge on any atom is 0.306 e. The first-order valence-corrected chi connectivity index (χ1v) is 6.08. The van der Waals surface area contributed by atoms with Gasteiger partial charge in [0.2, 0.25) is 0 Å². The first kappa shape index (κ1) is 11.3. The molecule has 2 heteroatoms. The zero-order valence-electron chi connectivity index (χ0n) is 9.69. The van der Waals surface area contributed by atoms with Gasteiger partial charge in [-0.2, -0.15) is 0 Å². The van der Waals surface area contributed by atoms with E-state index in [2.05, 4.69) is 12.8 Å². The number of terminal acetylenes is 1. The molecule has 0 unspecified atom stereocenters. The van der Waals surface area contributed by atoms with Crippen molar-refractivity contribution in [1.29, 1.82) is 0 Å². The van der Waals surface area contributed by atoms with E-state index >= 15 is 0 Å². The summed E-state index contributed by atoms with van der Waals surface area (Å²) in [5, 5.41) is 0. The van der Waals surface area contributed by atoms with Crippen LogP contribution in [0.2, 0.25) is 0 Å². The molecular formula is C14H18O2. The van der Waals surface area contributed by atoms with Crippen LogP contribution in [0.4, 0.5) is 0 Å². The Hall–Kier alpha value is -1.23. The average Bonchev–Trinajstić information content (AvgIpc) is 2.68. The summed E-state index contributed by atoms with van der Waals surface area (Å²) in [5.74, 6) is 4.10. The second-order valence-corrected chi connectivity index (χ2v) is 4.77. The van der Waals surface area contributed by atoms with Crippen molar-refractivity contribution in [3.05, 3.63) is 12.2 Å². The minimum absolute atomic E-state index is 0.0651. The summed E-state index contributed by atoms with van der Waals surface area (Å²) >= 11 is 0. The first-order chi connectivity index (χ1) is 7.76. The summed E-state index contributed by atoms with van der Waals surface area (Å²) in [5.41, 5.74) is 0. The van der Waals surface area contributed by atoms with Crippen LogP contribution in [-0.4, -0.2) is 12.1 Å².